The van der Waals surface area contributed by atoms with Gasteiger partial charge in [-0.15, -0.1) is 11.3 Å². The summed E-state index contributed by atoms with van der Waals surface area (Å²) >= 11 is 1.67. The molecule has 1 aliphatic heterocycles. The van der Waals surface area contributed by atoms with Crippen molar-refractivity contribution in [2.24, 2.45) is 0 Å². The number of likely N-dealkylation sites (tertiary alicyclic amines) is 1. The number of pyridine rings is 2. The number of nitrogens with zero attached hydrogens (tertiary/aromatic N) is 4. The first-order chi connectivity index (χ1) is 16.5. The zero-order chi connectivity index (χ0) is 23.5. The van der Waals surface area contributed by atoms with Gasteiger partial charge in [-0.2, -0.15) is 0 Å². The number of hydrogen-bond donors (Lipinski definition) is 2. The van der Waals surface area contributed by atoms with Crippen LogP contribution in [0.5, 0.6) is 5.75 Å². The summed E-state index contributed by atoms with van der Waals surface area (Å²) in [6.07, 6.45) is 5.43. The number of phenols is 1. The highest BCUT2D eigenvalue weighted by Crippen LogP contribution is 2.35. The van der Waals surface area contributed by atoms with Crippen molar-refractivity contribution >= 4 is 28.9 Å². The molecule has 0 unspecified atom stereocenters. The number of aromatic nitrogens is 3. The molecule has 0 saturated carbocycles. The second-order valence-electron chi connectivity index (χ2n) is 8.43. The molecule has 3 aromatic heterocycles. The third kappa shape index (κ3) is 4.92. The average Bonchev–Trinajstić information content (AvgIpc) is 3.35. The zero-order valence-electron chi connectivity index (χ0n) is 18.8. The summed E-state index contributed by atoms with van der Waals surface area (Å²) in [5.41, 5.74) is 2.62. The topological polar surface area (TPSA) is 91.2 Å². The number of benzene rings is 1. The van der Waals surface area contributed by atoms with Crippen molar-refractivity contribution in [3.8, 4) is 16.3 Å². The summed E-state index contributed by atoms with van der Waals surface area (Å²) < 4.78 is 0. The minimum atomic E-state index is 0.00916. The monoisotopic (exact) mass is 471 g/mol. The van der Waals surface area contributed by atoms with E-state index in [0.717, 1.165) is 45.6 Å². The number of amides is 1. The molecule has 4 heterocycles. The van der Waals surface area contributed by atoms with E-state index in [1.165, 1.54) is 0 Å². The van der Waals surface area contributed by atoms with Crippen LogP contribution < -0.4 is 5.32 Å². The Morgan fingerprint density at radius 1 is 1.06 bits per heavy atom. The first-order valence-electron chi connectivity index (χ1n) is 11.3. The molecule has 1 aromatic carbocycles. The van der Waals surface area contributed by atoms with E-state index in [4.69, 9.17) is 9.97 Å². The standard InChI is InChI=1S/C26H25N5O2S/c1-17-9-12-27-24(15-17)30-23-4-2-3-21(29-23)22-16-28-25(34-22)18-10-13-31(14-11-18)26(33)19-5-7-20(32)8-6-19/h2-9,12,15-16,18,32H,10-11,13-14H2,1H3,(H,27,29,30). The fourth-order valence-electron chi connectivity index (χ4n) is 4.09. The average molecular weight is 472 g/mol. The lowest BCUT2D eigenvalue weighted by molar-refractivity contribution is 0.0713. The summed E-state index contributed by atoms with van der Waals surface area (Å²) in [6.45, 7) is 3.42. The molecule has 4 aromatic rings. The second kappa shape index (κ2) is 9.61. The molecular formula is C26H25N5O2S. The molecule has 7 nitrogen and oxygen atoms in total. The van der Waals surface area contributed by atoms with Gasteiger partial charge in [0.15, 0.2) is 0 Å². The lowest BCUT2D eigenvalue weighted by atomic mass is 9.97. The van der Waals surface area contributed by atoms with Gasteiger partial charge in [0.25, 0.3) is 5.91 Å². The van der Waals surface area contributed by atoms with Crippen molar-refractivity contribution in [3.63, 3.8) is 0 Å². The molecule has 8 heteroatoms. The minimum absolute atomic E-state index is 0.00916. The van der Waals surface area contributed by atoms with Crippen molar-refractivity contribution in [3.05, 3.63) is 83.1 Å². The molecule has 0 aliphatic carbocycles. The van der Waals surface area contributed by atoms with Crippen LogP contribution >= 0.6 is 11.3 Å². The molecule has 1 amide bonds. The number of aromatic hydroxyl groups is 1. The van der Waals surface area contributed by atoms with Gasteiger partial charge in [0.1, 0.15) is 17.4 Å². The predicted molar refractivity (Wildman–Crippen MR) is 134 cm³/mol. The summed E-state index contributed by atoms with van der Waals surface area (Å²) in [4.78, 5) is 29.4. The van der Waals surface area contributed by atoms with Crippen LogP contribution in [0.2, 0.25) is 0 Å². The number of rotatable bonds is 5. The smallest absolute Gasteiger partial charge is 0.253 e. The Kier molecular flexibility index (Phi) is 6.22. The Morgan fingerprint density at radius 2 is 1.85 bits per heavy atom. The molecule has 172 valence electrons. The van der Waals surface area contributed by atoms with Crippen molar-refractivity contribution < 1.29 is 9.90 Å². The number of thiazole rings is 1. The molecule has 1 fully saturated rings. The summed E-state index contributed by atoms with van der Waals surface area (Å²) in [5, 5.41) is 13.8. The molecule has 34 heavy (non-hydrogen) atoms. The van der Waals surface area contributed by atoms with Crippen LogP contribution in [0, 0.1) is 6.92 Å². The van der Waals surface area contributed by atoms with E-state index in [9.17, 15) is 9.90 Å². The van der Waals surface area contributed by atoms with E-state index in [0.29, 0.717) is 24.6 Å². The molecule has 0 bridgehead atoms. The molecule has 1 aliphatic rings. The number of piperidine rings is 1. The lowest BCUT2D eigenvalue weighted by Gasteiger charge is -2.31. The van der Waals surface area contributed by atoms with Gasteiger partial charge in [-0.05, 0) is 73.9 Å². The number of carbonyl (C=O) groups excluding carboxylic acids is 1. The van der Waals surface area contributed by atoms with E-state index in [2.05, 4.69) is 10.3 Å². The Morgan fingerprint density at radius 3 is 2.62 bits per heavy atom. The van der Waals surface area contributed by atoms with Crippen molar-refractivity contribution in [1.82, 2.24) is 19.9 Å². The van der Waals surface area contributed by atoms with Gasteiger partial charge < -0.3 is 15.3 Å². The molecule has 2 N–H and O–H groups in total. The van der Waals surface area contributed by atoms with Gasteiger partial charge in [-0.3, -0.25) is 4.79 Å². The van der Waals surface area contributed by atoms with Crippen LogP contribution in [-0.4, -0.2) is 44.0 Å². The normalized spacial score (nSPS) is 14.2. The van der Waals surface area contributed by atoms with Crippen molar-refractivity contribution in [2.75, 3.05) is 18.4 Å². The number of hydrogen-bond acceptors (Lipinski definition) is 7. The van der Waals surface area contributed by atoms with Crippen LogP contribution in [0.15, 0.2) is 67.0 Å². The Bertz CT molecular complexity index is 1300. The third-order valence-corrected chi connectivity index (χ3v) is 7.12. The maximum absolute atomic E-state index is 12.7. The first kappa shape index (κ1) is 22.0. The van der Waals surface area contributed by atoms with Gasteiger partial charge in [-0.25, -0.2) is 15.0 Å². The summed E-state index contributed by atoms with van der Waals surface area (Å²) in [7, 11) is 0. The summed E-state index contributed by atoms with van der Waals surface area (Å²) in [6, 6.07) is 16.3. The summed E-state index contributed by atoms with van der Waals surface area (Å²) in [5.74, 6) is 2.02. The molecular weight excluding hydrogens is 446 g/mol. The molecule has 0 radical (unpaired) electrons. The van der Waals surface area contributed by atoms with E-state index < -0.39 is 0 Å². The molecule has 5 rings (SSSR count). The van der Waals surface area contributed by atoms with Gasteiger partial charge >= 0.3 is 0 Å². The van der Waals surface area contributed by atoms with Crippen LogP contribution in [0.25, 0.3) is 10.6 Å². The zero-order valence-corrected chi connectivity index (χ0v) is 19.6. The lowest BCUT2D eigenvalue weighted by Crippen LogP contribution is -2.37. The minimum Gasteiger partial charge on any atom is -0.508 e. The quantitative estimate of drug-likeness (QED) is 0.406. The second-order valence-corrected chi connectivity index (χ2v) is 9.49. The van der Waals surface area contributed by atoms with Gasteiger partial charge in [0.05, 0.1) is 15.6 Å². The fourth-order valence-corrected chi connectivity index (χ4v) is 5.14. The molecule has 0 atom stereocenters. The number of nitrogens with one attached hydrogen (secondary N) is 1. The van der Waals surface area contributed by atoms with Crippen LogP contribution in [-0.2, 0) is 0 Å². The fraction of sp³-hybridized carbons (Fsp3) is 0.231. The first-order valence-corrected chi connectivity index (χ1v) is 12.1. The Labute approximate surface area is 202 Å². The van der Waals surface area contributed by atoms with E-state index in [1.54, 1.807) is 41.8 Å². The van der Waals surface area contributed by atoms with Crippen molar-refractivity contribution in [2.45, 2.75) is 25.7 Å². The third-order valence-electron chi connectivity index (χ3n) is 5.94. The SMILES string of the molecule is Cc1ccnc(Nc2cccc(-c3cnc(C4CCN(C(=O)c5ccc(O)cc5)CC4)s3)n2)c1. The number of anilines is 2. The van der Waals surface area contributed by atoms with E-state index >= 15 is 0 Å². The van der Waals surface area contributed by atoms with Crippen LogP contribution in [0.3, 0.4) is 0 Å². The highest BCUT2D eigenvalue weighted by Gasteiger charge is 2.26. The number of carbonyl (C=O) groups is 1. The van der Waals surface area contributed by atoms with E-state index in [1.807, 2.05) is 48.4 Å². The number of aryl methyl sites for hydroxylation is 1. The van der Waals surface area contributed by atoms with Crippen molar-refractivity contribution in [1.29, 1.82) is 0 Å². The van der Waals surface area contributed by atoms with E-state index in [-0.39, 0.29) is 11.7 Å². The maximum Gasteiger partial charge on any atom is 0.253 e. The largest absolute Gasteiger partial charge is 0.508 e. The molecule has 0 spiro atoms. The highest BCUT2D eigenvalue weighted by atomic mass is 32.1. The van der Waals surface area contributed by atoms with Crippen LogP contribution in [0.1, 0.15) is 39.7 Å². The molecule has 1 saturated heterocycles. The predicted octanol–water partition coefficient (Wildman–Crippen LogP) is 5.38. The highest BCUT2D eigenvalue weighted by molar-refractivity contribution is 7.15. The van der Waals surface area contributed by atoms with Gasteiger partial charge in [0.2, 0.25) is 0 Å². The Balaban J connectivity index is 1.23. The van der Waals surface area contributed by atoms with Crippen LogP contribution in [0.4, 0.5) is 11.6 Å². The Hall–Kier alpha value is -3.78. The van der Waals surface area contributed by atoms with Gasteiger partial charge in [0, 0.05) is 37.0 Å². The number of phenolic OH excluding ortho intramolecular Hbond substituents is 1. The maximum atomic E-state index is 12.7. The van der Waals surface area contributed by atoms with Gasteiger partial charge in [-0.1, -0.05) is 6.07 Å².